The van der Waals surface area contributed by atoms with Gasteiger partial charge in [0, 0.05) is 18.2 Å². The van der Waals surface area contributed by atoms with Crippen LogP contribution in [-0.4, -0.2) is 43.6 Å². The molecule has 184 valence electrons. The fourth-order valence-corrected chi connectivity index (χ4v) is 4.76. The van der Waals surface area contributed by atoms with E-state index in [0.717, 1.165) is 31.6 Å². The van der Waals surface area contributed by atoms with Gasteiger partial charge in [-0.05, 0) is 74.5 Å². The fraction of sp³-hybridized carbons (Fsp3) is 0.367. The molecule has 0 aliphatic carbocycles. The molecule has 0 spiro atoms. The summed E-state index contributed by atoms with van der Waals surface area (Å²) in [6, 6.07) is 26.2. The minimum atomic E-state index is 0.0255. The van der Waals surface area contributed by atoms with Crippen LogP contribution in [0.3, 0.4) is 0 Å². The van der Waals surface area contributed by atoms with Gasteiger partial charge in [-0.2, -0.15) is 0 Å². The molecule has 1 N–H and O–H groups in total. The van der Waals surface area contributed by atoms with E-state index in [2.05, 4.69) is 49.5 Å². The van der Waals surface area contributed by atoms with Crippen molar-refractivity contribution in [3.8, 4) is 11.5 Å². The van der Waals surface area contributed by atoms with Gasteiger partial charge < -0.3 is 19.7 Å². The lowest BCUT2D eigenvalue weighted by atomic mass is 9.89. The first-order valence-corrected chi connectivity index (χ1v) is 12.5. The van der Waals surface area contributed by atoms with E-state index in [-0.39, 0.29) is 11.9 Å². The Balaban J connectivity index is 1.48. The zero-order chi connectivity index (χ0) is 24.6. The van der Waals surface area contributed by atoms with Crippen molar-refractivity contribution in [3.05, 3.63) is 95.6 Å². The molecule has 1 aliphatic rings. The van der Waals surface area contributed by atoms with E-state index >= 15 is 0 Å². The first-order valence-electron chi connectivity index (χ1n) is 12.5. The predicted molar refractivity (Wildman–Crippen MR) is 140 cm³/mol. The van der Waals surface area contributed by atoms with Crippen molar-refractivity contribution in [1.29, 1.82) is 0 Å². The van der Waals surface area contributed by atoms with E-state index in [1.165, 1.54) is 5.56 Å². The Morgan fingerprint density at radius 1 is 0.914 bits per heavy atom. The highest BCUT2D eigenvalue weighted by molar-refractivity contribution is 5.95. The van der Waals surface area contributed by atoms with E-state index in [4.69, 9.17) is 9.47 Å². The summed E-state index contributed by atoms with van der Waals surface area (Å²) < 4.78 is 11.6. The molecule has 35 heavy (non-hydrogen) atoms. The van der Waals surface area contributed by atoms with E-state index in [0.29, 0.717) is 35.5 Å². The number of rotatable bonds is 10. The van der Waals surface area contributed by atoms with Gasteiger partial charge in [-0.1, -0.05) is 60.7 Å². The highest BCUT2D eigenvalue weighted by Gasteiger charge is 2.31. The summed E-state index contributed by atoms with van der Waals surface area (Å²) in [6.07, 6.45) is 1.03. The number of amides is 1. The van der Waals surface area contributed by atoms with Gasteiger partial charge in [-0.25, -0.2) is 0 Å². The second kappa shape index (κ2) is 11.9. The van der Waals surface area contributed by atoms with Gasteiger partial charge in [0.2, 0.25) is 0 Å². The zero-order valence-corrected chi connectivity index (χ0v) is 20.9. The Labute approximate surface area is 209 Å². The molecule has 4 rings (SSSR count). The Bertz CT molecular complexity index is 1090. The Kier molecular flexibility index (Phi) is 8.43. The molecule has 0 saturated carbocycles. The van der Waals surface area contributed by atoms with E-state index in [9.17, 15) is 4.79 Å². The quantitative estimate of drug-likeness (QED) is 0.441. The summed E-state index contributed by atoms with van der Waals surface area (Å²) in [5, 5.41) is 3.55. The number of methoxy groups -OCH3 is 1. The van der Waals surface area contributed by atoms with Gasteiger partial charge in [-0.3, -0.25) is 4.79 Å². The van der Waals surface area contributed by atoms with Gasteiger partial charge in [0.25, 0.3) is 5.91 Å². The summed E-state index contributed by atoms with van der Waals surface area (Å²) in [5.41, 5.74) is 3.03. The number of nitrogens with zero attached hydrogens (tertiary/aromatic N) is 1. The first kappa shape index (κ1) is 24.8. The third-order valence-electron chi connectivity index (χ3n) is 6.78. The van der Waals surface area contributed by atoms with Crippen molar-refractivity contribution in [2.24, 2.45) is 11.8 Å². The number of hydrogen-bond acceptors (Lipinski definition) is 4. The van der Waals surface area contributed by atoms with Crippen molar-refractivity contribution >= 4 is 5.91 Å². The average Bonchev–Trinajstić information content (AvgIpc) is 3.33. The normalized spacial score (nSPS) is 17.4. The molecule has 0 radical (unpaired) electrons. The number of carbonyl (C=O) groups excluding carboxylic acids is 1. The van der Waals surface area contributed by atoms with Gasteiger partial charge in [0.1, 0.15) is 6.61 Å². The first-order chi connectivity index (χ1) is 17.0. The Morgan fingerprint density at radius 3 is 2.23 bits per heavy atom. The minimum Gasteiger partial charge on any atom is -0.493 e. The highest BCUT2D eigenvalue weighted by Crippen LogP contribution is 2.30. The molecule has 0 aromatic heterocycles. The van der Waals surface area contributed by atoms with Gasteiger partial charge in [0.15, 0.2) is 11.5 Å². The SMILES string of the molecule is COc1ccc(C(=O)N(C[C@@H]2CNC[C@H]2Cc2ccccc2)C(C)C)cc1OCc1ccccc1. The molecule has 1 fully saturated rings. The standard InChI is InChI=1S/C30H36N2O3/c1-22(2)32(20-27-19-31-18-26(27)16-23-10-6-4-7-11-23)30(33)25-14-15-28(34-3)29(17-25)35-21-24-12-8-5-9-13-24/h4-15,17,22,26-27,31H,16,18-21H2,1-3H3/t26-,27+/m1/s1. The maximum absolute atomic E-state index is 13.7. The fourth-order valence-electron chi connectivity index (χ4n) is 4.76. The van der Waals surface area contributed by atoms with Crippen molar-refractivity contribution in [2.45, 2.75) is 32.9 Å². The van der Waals surface area contributed by atoms with Crippen LogP contribution >= 0.6 is 0 Å². The summed E-state index contributed by atoms with van der Waals surface area (Å²) in [6.45, 7) is 7.23. The minimum absolute atomic E-state index is 0.0255. The van der Waals surface area contributed by atoms with Crippen LogP contribution < -0.4 is 14.8 Å². The predicted octanol–water partition coefficient (Wildman–Crippen LogP) is 5.20. The zero-order valence-electron chi connectivity index (χ0n) is 20.9. The number of benzene rings is 3. The molecule has 3 aromatic carbocycles. The van der Waals surface area contributed by atoms with Crippen LogP contribution in [0, 0.1) is 11.8 Å². The monoisotopic (exact) mass is 472 g/mol. The van der Waals surface area contributed by atoms with E-state index < -0.39 is 0 Å². The van der Waals surface area contributed by atoms with Crippen molar-refractivity contribution in [3.63, 3.8) is 0 Å². The molecule has 0 bridgehead atoms. The number of ether oxygens (including phenoxy) is 2. The molecule has 0 unspecified atom stereocenters. The molecule has 1 amide bonds. The van der Waals surface area contributed by atoms with E-state index in [1.54, 1.807) is 7.11 Å². The maximum atomic E-state index is 13.7. The van der Waals surface area contributed by atoms with Crippen LogP contribution in [0.1, 0.15) is 35.3 Å². The molecule has 2 atom stereocenters. The number of nitrogens with one attached hydrogen (secondary N) is 1. The van der Waals surface area contributed by atoms with Gasteiger partial charge in [0.05, 0.1) is 7.11 Å². The van der Waals surface area contributed by atoms with Gasteiger partial charge >= 0.3 is 0 Å². The summed E-state index contributed by atoms with van der Waals surface area (Å²) in [4.78, 5) is 15.7. The van der Waals surface area contributed by atoms with Crippen LogP contribution in [0.4, 0.5) is 0 Å². The van der Waals surface area contributed by atoms with Crippen LogP contribution in [0.2, 0.25) is 0 Å². The van der Waals surface area contributed by atoms with Crippen LogP contribution in [0.15, 0.2) is 78.9 Å². The summed E-state index contributed by atoms with van der Waals surface area (Å²) in [5.74, 6) is 2.14. The van der Waals surface area contributed by atoms with Crippen LogP contribution in [-0.2, 0) is 13.0 Å². The lowest BCUT2D eigenvalue weighted by Gasteiger charge is -2.32. The highest BCUT2D eigenvalue weighted by atomic mass is 16.5. The van der Waals surface area contributed by atoms with Crippen molar-refractivity contribution < 1.29 is 14.3 Å². The van der Waals surface area contributed by atoms with Gasteiger partial charge in [-0.15, -0.1) is 0 Å². The molecule has 5 heteroatoms. The smallest absolute Gasteiger partial charge is 0.254 e. The molecule has 5 nitrogen and oxygen atoms in total. The second-order valence-electron chi connectivity index (χ2n) is 9.56. The van der Waals surface area contributed by atoms with Crippen LogP contribution in [0.5, 0.6) is 11.5 Å². The topological polar surface area (TPSA) is 50.8 Å². The summed E-state index contributed by atoms with van der Waals surface area (Å²) >= 11 is 0. The largest absolute Gasteiger partial charge is 0.493 e. The molecular weight excluding hydrogens is 436 g/mol. The molecule has 1 aliphatic heterocycles. The van der Waals surface area contributed by atoms with Crippen molar-refractivity contribution in [2.75, 3.05) is 26.7 Å². The third-order valence-corrected chi connectivity index (χ3v) is 6.78. The number of hydrogen-bond donors (Lipinski definition) is 1. The maximum Gasteiger partial charge on any atom is 0.254 e. The summed E-state index contributed by atoms with van der Waals surface area (Å²) in [7, 11) is 1.62. The molecule has 1 saturated heterocycles. The molecule has 3 aromatic rings. The number of carbonyl (C=O) groups is 1. The molecular formula is C30H36N2O3. The van der Waals surface area contributed by atoms with E-state index in [1.807, 2.05) is 53.4 Å². The Morgan fingerprint density at radius 2 is 1.57 bits per heavy atom. The third kappa shape index (κ3) is 6.43. The lowest BCUT2D eigenvalue weighted by Crippen LogP contribution is -2.42. The van der Waals surface area contributed by atoms with Crippen LogP contribution in [0.25, 0.3) is 0 Å². The average molecular weight is 473 g/mol. The lowest BCUT2D eigenvalue weighted by molar-refractivity contribution is 0.0661. The second-order valence-corrected chi connectivity index (χ2v) is 9.56. The Hall–Kier alpha value is -3.31. The molecule has 1 heterocycles. The van der Waals surface area contributed by atoms with Crippen molar-refractivity contribution in [1.82, 2.24) is 10.2 Å².